The second-order valence-electron chi connectivity index (χ2n) is 11.5. The molecule has 228 valence electrons. The highest BCUT2D eigenvalue weighted by molar-refractivity contribution is 5.81. The summed E-state index contributed by atoms with van der Waals surface area (Å²) in [6.07, 6.45) is 4.98. The van der Waals surface area contributed by atoms with Crippen molar-refractivity contribution in [2.75, 3.05) is 41.7 Å². The van der Waals surface area contributed by atoms with Crippen molar-refractivity contribution in [3.05, 3.63) is 71.2 Å². The number of benzene rings is 1. The maximum Gasteiger partial charge on any atom is 0.411 e. The van der Waals surface area contributed by atoms with E-state index < -0.39 is 24.1 Å². The number of aliphatic carboxylic acids is 1. The topological polar surface area (TPSA) is 133 Å². The molecule has 2 aliphatic rings. The maximum atomic E-state index is 13.0. The summed E-state index contributed by atoms with van der Waals surface area (Å²) in [7, 11) is 0. The number of rotatable bonds is 10. The van der Waals surface area contributed by atoms with Crippen LogP contribution in [0.25, 0.3) is 0 Å². The molecule has 0 saturated carbocycles. The van der Waals surface area contributed by atoms with Crippen molar-refractivity contribution < 1.29 is 19.4 Å². The first-order valence-electron chi connectivity index (χ1n) is 15.1. The van der Waals surface area contributed by atoms with Crippen LogP contribution in [0.15, 0.2) is 48.8 Å². The second-order valence-corrected chi connectivity index (χ2v) is 11.5. The monoisotopic (exact) mass is 587 g/mol. The van der Waals surface area contributed by atoms with Crippen LogP contribution in [0.1, 0.15) is 61.4 Å². The molecular formula is C32H41N7O4. The minimum absolute atomic E-state index is 0.0364. The van der Waals surface area contributed by atoms with Gasteiger partial charge in [-0.25, -0.2) is 24.5 Å². The van der Waals surface area contributed by atoms with Crippen LogP contribution in [0.5, 0.6) is 0 Å². The number of nitrogens with one attached hydrogen (secondary N) is 2. The lowest BCUT2D eigenvalue weighted by Crippen LogP contribution is -2.52. The van der Waals surface area contributed by atoms with E-state index in [0.29, 0.717) is 11.7 Å². The quantitative estimate of drug-likeness (QED) is 0.303. The number of fused-ring (bicyclic) bond motifs is 1. The first-order chi connectivity index (χ1) is 20.8. The van der Waals surface area contributed by atoms with E-state index in [0.717, 1.165) is 73.8 Å². The molecule has 2 aliphatic heterocycles. The Balaban J connectivity index is 1.22. The number of carboxylic acids is 1. The number of hydrogen-bond acceptors (Lipinski definition) is 9. The molecule has 0 unspecified atom stereocenters. The predicted molar refractivity (Wildman–Crippen MR) is 166 cm³/mol. The lowest BCUT2D eigenvalue weighted by Gasteiger charge is -2.34. The van der Waals surface area contributed by atoms with Crippen molar-refractivity contribution in [1.82, 2.24) is 19.9 Å². The van der Waals surface area contributed by atoms with Crippen molar-refractivity contribution in [3.63, 3.8) is 0 Å². The van der Waals surface area contributed by atoms with Crippen LogP contribution >= 0.6 is 0 Å². The van der Waals surface area contributed by atoms with Crippen LogP contribution in [0.3, 0.4) is 0 Å². The van der Waals surface area contributed by atoms with E-state index in [4.69, 9.17) is 9.72 Å². The second kappa shape index (κ2) is 13.7. The number of carboxylic acid groups (broad SMARTS) is 1. The summed E-state index contributed by atoms with van der Waals surface area (Å²) in [5, 5.41) is 16.7. The highest BCUT2D eigenvalue weighted by atomic mass is 16.6. The molecule has 11 heteroatoms. The standard InChI is InChI=1S/C32H41N7O4/c1-21(2)39(32(42)43-19-23-8-5-4-6-9-23)27(31(40)41)18-34-28-22(3)30(36-20-35-28)38-16-13-24(14-17-38)26-12-11-25-10-7-15-33-29(25)37-26/h4-6,8-9,11-12,20-21,24,27H,7,10,13-19H2,1-3H3,(H,33,37)(H,40,41)(H,34,35,36)/t27-/m0/s1. The number of hydrogen-bond donors (Lipinski definition) is 3. The molecule has 0 radical (unpaired) electrons. The number of pyridine rings is 1. The summed E-state index contributed by atoms with van der Waals surface area (Å²) in [6, 6.07) is 12.1. The van der Waals surface area contributed by atoms with E-state index in [-0.39, 0.29) is 13.2 Å². The van der Waals surface area contributed by atoms with Crippen molar-refractivity contribution >= 4 is 29.5 Å². The molecule has 1 amide bonds. The summed E-state index contributed by atoms with van der Waals surface area (Å²) in [5.41, 5.74) is 4.11. The number of aromatic nitrogens is 3. The van der Waals surface area contributed by atoms with Gasteiger partial charge in [-0.2, -0.15) is 0 Å². The molecule has 3 N–H and O–H groups in total. The Kier molecular flexibility index (Phi) is 9.58. The molecule has 2 aromatic heterocycles. The normalized spacial score (nSPS) is 15.8. The van der Waals surface area contributed by atoms with Crippen molar-refractivity contribution in [3.8, 4) is 0 Å². The van der Waals surface area contributed by atoms with Gasteiger partial charge in [0.15, 0.2) is 0 Å². The molecule has 0 bridgehead atoms. The number of ether oxygens (including phenoxy) is 1. The lowest BCUT2D eigenvalue weighted by atomic mass is 9.92. The molecule has 0 aliphatic carbocycles. The van der Waals surface area contributed by atoms with E-state index in [9.17, 15) is 14.7 Å². The molecule has 5 rings (SSSR count). The number of piperidine rings is 1. The van der Waals surface area contributed by atoms with Crippen LogP contribution in [0, 0.1) is 6.92 Å². The zero-order valence-electron chi connectivity index (χ0n) is 25.1. The zero-order chi connectivity index (χ0) is 30.3. The summed E-state index contributed by atoms with van der Waals surface area (Å²) >= 11 is 0. The van der Waals surface area contributed by atoms with Crippen molar-refractivity contribution in [1.29, 1.82) is 0 Å². The highest BCUT2D eigenvalue weighted by Crippen LogP contribution is 2.33. The van der Waals surface area contributed by atoms with Gasteiger partial charge in [0.2, 0.25) is 0 Å². The average molecular weight is 588 g/mol. The minimum atomic E-state index is -1.16. The predicted octanol–water partition coefficient (Wildman–Crippen LogP) is 4.83. The summed E-state index contributed by atoms with van der Waals surface area (Å²) in [6.45, 7) is 8.15. The zero-order valence-corrected chi connectivity index (χ0v) is 25.1. The fourth-order valence-corrected chi connectivity index (χ4v) is 5.89. The fraction of sp³-hybridized carbons (Fsp3) is 0.469. The van der Waals surface area contributed by atoms with Gasteiger partial charge in [-0.1, -0.05) is 36.4 Å². The number of amides is 1. The molecular weight excluding hydrogens is 546 g/mol. The fourth-order valence-electron chi connectivity index (χ4n) is 5.89. The van der Waals surface area contributed by atoms with Crippen molar-refractivity contribution in [2.24, 2.45) is 0 Å². The highest BCUT2D eigenvalue weighted by Gasteiger charge is 2.33. The van der Waals surface area contributed by atoms with Gasteiger partial charge in [-0.15, -0.1) is 0 Å². The van der Waals surface area contributed by atoms with E-state index >= 15 is 0 Å². The van der Waals surface area contributed by atoms with Crippen LogP contribution in [-0.2, 0) is 22.6 Å². The maximum absolute atomic E-state index is 13.0. The number of carbonyl (C=O) groups is 2. The van der Waals surface area contributed by atoms with Gasteiger partial charge in [-0.3, -0.25) is 4.90 Å². The summed E-state index contributed by atoms with van der Waals surface area (Å²) in [4.78, 5) is 42.8. The molecule has 1 fully saturated rings. The Morgan fingerprint density at radius 3 is 2.63 bits per heavy atom. The third-order valence-corrected chi connectivity index (χ3v) is 8.24. The summed E-state index contributed by atoms with van der Waals surface area (Å²) < 4.78 is 5.48. The number of nitrogens with zero attached hydrogens (tertiary/aromatic N) is 5. The summed E-state index contributed by atoms with van der Waals surface area (Å²) in [5.74, 6) is 1.67. The Labute approximate surface area is 252 Å². The van der Waals surface area contributed by atoms with E-state index in [2.05, 4.69) is 37.6 Å². The van der Waals surface area contributed by atoms with Gasteiger partial charge in [0.25, 0.3) is 0 Å². The van der Waals surface area contributed by atoms with Crippen LogP contribution in [0.2, 0.25) is 0 Å². The van der Waals surface area contributed by atoms with Gasteiger partial charge in [0, 0.05) is 49.4 Å². The largest absolute Gasteiger partial charge is 0.480 e. The van der Waals surface area contributed by atoms with E-state index in [1.165, 1.54) is 16.8 Å². The molecule has 3 aromatic rings. The average Bonchev–Trinajstić information content (AvgIpc) is 3.02. The van der Waals surface area contributed by atoms with E-state index in [1.807, 2.05) is 37.3 Å². The molecule has 43 heavy (non-hydrogen) atoms. The number of aryl methyl sites for hydroxylation is 1. The molecule has 11 nitrogen and oxygen atoms in total. The lowest BCUT2D eigenvalue weighted by molar-refractivity contribution is -0.142. The number of carbonyl (C=O) groups excluding carboxylic acids is 1. The Bertz CT molecular complexity index is 1410. The third-order valence-electron chi connectivity index (χ3n) is 8.24. The molecule has 1 atom stereocenters. The minimum Gasteiger partial charge on any atom is -0.480 e. The smallest absolute Gasteiger partial charge is 0.411 e. The van der Waals surface area contributed by atoms with Gasteiger partial charge < -0.3 is 25.4 Å². The third kappa shape index (κ3) is 7.15. The van der Waals surface area contributed by atoms with Gasteiger partial charge in [-0.05, 0) is 63.6 Å². The van der Waals surface area contributed by atoms with E-state index in [1.54, 1.807) is 13.8 Å². The van der Waals surface area contributed by atoms with Crippen LogP contribution < -0.4 is 15.5 Å². The Morgan fingerprint density at radius 1 is 1.14 bits per heavy atom. The first kappa shape index (κ1) is 30.1. The van der Waals surface area contributed by atoms with Gasteiger partial charge >= 0.3 is 12.1 Å². The Hall–Kier alpha value is -4.41. The Morgan fingerprint density at radius 2 is 1.91 bits per heavy atom. The van der Waals surface area contributed by atoms with Crippen LogP contribution in [0.4, 0.5) is 22.2 Å². The molecule has 1 saturated heterocycles. The molecule has 1 aromatic carbocycles. The first-order valence-corrected chi connectivity index (χ1v) is 15.1. The van der Waals surface area contributed by atoms with Gasteiger partial charge in [0.1, 0.15) is 36.4 Å². The van der Waals surface area contributed by atoms with Gasteiger partial charge in [0.05, 0.1) is 0 Å². The molecule has 4 heterocycles. The van der Waals surface area contributed by atoms with Crippen LogP contribution in [-0.4, -0.2) is 75.3 Å². The SMILES string of the molecule is Cc1c(NC[C@@H](C(=O)O)N(C(=O)OCc2ccccc2)C(C)C)ncnc1N1CCC(c2ccc3c(n2)NCCC3)CC1. The number of anilines is 3. The molecule has 0 spiro atoms. The van der Waals surface area contributed by atoms with Crippen molar-refractivity contribution in [2.45, 2.75) is 71.1 Å².